The van der Waals surface area contributed by atoms with E-state index in [-0.39, 0.29) is 0 Å². The van der Waals surface area contributed by atoms with Crippen molar-refractivity contribution in [2.45, 2.75) is 18.9 Å². The van der Waals surface area contributed by atoms with Gasteiger partial charge in [-0.15, -0.1) is 0 Å². The third-order valence-corrected chi connectivity index (χ3v) is 10.8. The van der Waals surface area contributed by atoms with Crippen molar-refractivity contribution < 1.29 is 0 Å². The largest absolute Gasteiger partial charge is 0.308 e. The molecule has 0 aromatic heterocycles. The zero-order valence-corrected chi connectivity index (χ0v) is 33.0. The lowest BCUT2D eigenvalue weighted by Crippen LogP contribution is -2.25. The SMILES string of the molecule is C=N/C(=N\C(=N/Cc1ccccc1)c1cccc(-c2ccc3c(c2)C(c2ccccc2)(c2ccccc2)C=C3/C=C\C(=C/C)c2cccc(C=N)c2)c1)c1ccccc1. The van der Waals surface area contributed by atoms with Crippen LogP contribution in [0.25, 0.3) is 22.3 Å². The van der Waals surface area contributed by atoms with Crippen molar-refractivity contribution in [3.8, 4) is 11.1 Å². The number of rotatable bonds is 11. The second kappa shape index (κ2) is 17.7. The van der Waals surface area contributed by atoms with E-state index in [1.54, 1.807) is 0 Å². The first-order valence-corrected chi connectivity index (χ1v) is 19.8. The van der Waals surface area contributed by atoms with Gasteiger partial charge in [-0.2, -0.15) is 0 Å². The quantitative estimate of drug-likeness (QED) is 0.0775. The van der Waals surface area contributed by atoms with Crippen LogP contribution < -0.4 is 0 Å². The van der Waals surface area contributed by atoms with Crippen LogP contribution in [0, 0.1) is 5.41 Å². The van der Waals surface area contributed by atoms with E-state index in [1.165, 1.54) is 28.5 Å². The van der Waals surface area contributed by atoms with Gasteiger partial charge in [0.2, 0.25) is 0 Å². The average Bonchev–Trinajstić information content (AvgIpc) is 3.65. The Kier molecular flexibility index (Phi) is 11.5. The molecule has 1 N–H and O–H groups in total. The lowest BCUT2D eigenvalue weighted by atomic mass is 9.70. The van der Waals surface area contributed by atoms with E-state index in [2.05, 4.69) is 170 Å². The molecule has 0 amide bonds. The second-order valence-electron chi connectivity index (χ2n) is 14.4. The molecule has 0 radical (unpaired) electrons. The maximum Gasteiger partial charge on any atom is 0.161 e. The number of nitrogens with zero attached hydrogens (tertiary/aromatic N) is 3. The van der Waals surface area contributed by atoms with E-state index in [4.69, 9.17) is 15.4 Å². The van der Waals surface area contributed by atoms with Gasteiger partial charge in [0.25, 0.3) is 0 Å². The minimum absolute atomic E-state index is 0.476. The Bertz CT molecular complexity index is 2720. The normalized spacial score (nSPS) is 13.8. The summed E-state index contributed by atoms with van der Waals surface area (Å²) < 4.78 is 0. The monoisotopic (exact) mass is 760 g/mol. The minimum Gasteiger partial charge on any atom is -0.308 e. The zero-order valence-electron chi connectivity index (χ0n) is 33.0. The fraction of sp³-hybridized carbons (Fsp3) is 0.0545. The highest BCUT2D eigenvalue weighted by molar-refractivity contribution is 6.13. The molecule has 4 heteroatoms. The predicted octanol–water partition coefficient (Wildman–Crippen LogP) is 12.8. The van der Waals surface area contributed by atoms with Crippen LogP contribution in [0.1, 0.15) is 57.0 Å². The van der Waals surface area contributed by atoms with E-state index in [0.717, 1.165) is 50.1 Å². The molecule has 7 aromatic rings. The first kappa shape index (κ1) is 38.3. The molecule has 0 saturated heterocycles. The summed E-state index contributed by atoms with van der Waals surface area (Å²) in [7, 11) is 0. The van der Waals surface area contributed by atoms with Crippen LogP contribution in [0.4, 0.5) is 0 Å². The van der Waals surface area contributed by atoms with E-state index in [9.17, 15) is 0 Å². The Morgan fingerprint density at radius 1 is 0.610 bits per heavy atom. The van der Waals surface area contributed by atoms with Crippen molar-refractivity contribution in [1.82, 2.24) is 0 Å². The molecule has 59 heavy (non-hydrogen) atoms. The fourth-order valence-corrected chi connectivity index (χ4v) is 7.88. The third kappa shape index (κ3) is 8.16. The van der Waals surface area contributed by atoms with Crippen molar-refractivity contribution in [3.05, 3.63) is 262 Å². The summed E-state index contributed by atoms with van der Waals surface area (Å²) in [5, 5.41) is 7.81. The smallest absolute Gasteiger partial charge is 0.161 e. The molecular formula is C55H44N4. The van der Waals surface area contributed by atoms with Gasteiger partial charge >= 0.3 is 0 Å². The number of aliphatic imine (C=N–C) groups is 3. The molecule has 0 spiro atoms. The molecule has 1 aliphatic rings. The molecular weight excluding hydrogens is 717 g/mol. The molecule has 1 aliphatic carbocycles. The lowest BCUT2D eigenvalue weighted by Gasteiger charge is -2.31. The highest BCUT2D eigenvalue weighted by Gasteiger charge is 2.41. The summed E-state index contributed by atoms with van der Waals surface area (Å²) >= 11 is 0. The standard InChI is InChI=1S/C55H44N4/c1-3-42(44-23-16-20-41(34-44)38-56)30-31-48-37-55(49-26-12-6-13-27-49,50-28-14-7-15-29-50)52-36-46(32-33-51(48)52)45-24-17-25-47(35-45)54(58-39-40-18-8-4-9-19-40)59-53(57-2)43-21-10-5-11-22-43/h3-38,56H,2,39H2,1H3/b31-30-,42-3+,56-38?,58-54-,59-53-. The molecule has 8 rings (SSSR count). The second-order valence-corrected chi connectivity index (χ2v) is 14.4. The maximum atomic E-state index is 7.81. The summed E-state index contributed by atoms with van der Waals surface area (Å²) in [5.74, 6) is 1.11. The molecule has 0 heterocycles. The number of allylic oxidation sites excluding steroid dienone is 6. The Morgan fingerprint density at radius 2 is 1.22 bits per heavy atom. The number of fused-ring (bicyclic) bond motifs is 1. The van der Waals surface area contributed by atoms with E-state index < -0.39 is 5.41 Å². The van der Waals surface area contributed by atoms with Crippen molar-refractivity contribution in [2.24, 2.45) is 15.0 Å². The van der Waals surface area contributed by atoms with E-state index in [1.807, 2.05) is 60.7 Å². The Hall–Kier alpha value is -7.56. The molecule has 7 aromatic carbocycles. The number of hydrogen-bond acceptors (Lipinski definition) is 2. The van der Waals surface area contributed by atoms with Gasteiger partial charge < -0.3 is 5.41 Å². The van der Waals surface area contributed by atoms with Crippen LogP contribution in [0.5, 0.6) is 0 Å². The highest BCUT2D eigenvalue weighted by atomic mass is 15.0. The molecule has 0 unspecified atom stereocenters. The topological polar surface area (TPSA) is 60.9 Å². The van der Waals surface area contributed by atoms with Crippen LogP contribution in [0.2, 0.25) is 0 Å². The molecule has 284 valence electrons. The van der Waals surface area contributed by atoms with Crippen molar-refractivity contribution in [2.75, 3.05) is 0 Å². The predicted molar refractivity (Wildman–Crippen MR) is 249 cm³/mol. The summed E-state index contributed by atoms with van der Waals surface area (Å²) in [6.07, 6.45) is 10.4. The Morgan fingerprint density at radius 3 is 1.88 bits per heavy atom. The van der Waals surface area contributed by atoms with Crippen molar-refractivity contribution in [1.29, 1.82) is 5.41 Å². The van der Waals surface area contributed by atoms with E-state index >= 15 is 0 Å². The van der Waals surface area contributed by atoms with Gasteiger partial charge in [-0.1, -0.05) is 194 Å². The Labute approximate surface area is 347 Å². The number of hydrogen-bond donors (Lipinski definition) is 1. The van der Waals surface area contributed by atoms with Crippen LogP contribution in [0.3, 0.4) is 0 Å². The van der Waals surface area contributed by atoms with Gasteiger partial charge in [-0.3, -0.25) is 4.99 Å². The number of benzene rings is 7. The first-order chi connectivity index (χ1) is 29.1. The van der Waals surface area contributed by atoms with Crippen molar-refractivity contribution >= 4 is 35.7 Å². The van der Waals surface area contributed by atoms with Crippen LogP contribution in [-0.2, 0) is 12.0 Å². The average molecular weight is 761 g/mol. The molecule has 4 nitrogen and oxygen atoms in total. The van der Waals surface area contributed by atoms with Crippen LogP contribution >= 0.6 is 0 Å². The summed E-state index contributed by atoms with van der Waals surface area (Å²) in [6.45, 7) is 6.40. The molecule has 0 fully saturated rings. The van der Waals surface area contributed by atoms with Gasteiger partial charge in [-0.25, -0.2) is 9.98 Å². The molecule has 0 bridgehead atoms. The van der Waals surface area contributed by atoms with Gasteiger partial charge in [-0.05, 0) is 93.1 Å². The molecule has 0 aliphatic heterocycles. The first-order valence-electron chi connectivity index (χ1n) is 19.8. The fourth-order valence-electron chi connectivity index (χ4n) is 7.88. The summed E-state index contributed by atoms with van der Waals surface area (Å²) in [6, 6.07) is 65.2. The third-order valence-electron chi connectivity index (χ3n) is 10.8. The molecule has 0 saturated carbocycles. The van der Waals surface area contributed by atoms with Gasteiger partial charge in [0.15, 0.2) is 11.7 Å². The van der Waals surface area contributed by atoms with Gasteiger partial charge in [0, 0.05) is 17.3 Å². The van der Waals surface area contributed by atoms with Gasteiger partial charge in [0.05, 0.1) is 12.0 Å². The lowest BCUT2D eigenvalue weighted by molar-refractivity contribution is 0.794. The summed E-state index contributed by atoms with van der Waals surface area (Å²) in [5.41, 5.74) is 13.4. The number of nitrogens with one attached hydrogen (secondary N) is 1. The minimum atomic E-state index is -0.547. The van der Waals surface area contributed by atoms with E-state index in [0.29, 0.717) is 18.2 Å². The van der Waals surface area contributed by atoms with Crippen LogP contribution in [0.15, 0.2) is 227 Å². The van der Waals surface area contributed by atoms with Crippen LogP contribution in [-0.4, -0.2) is 24.6 Å². The van der Waals surface area contributed by atoms with Gasteiger partial charge in [0.1, 0.15) is 0 Å². The molecule has 0 atom stereocenters. The summed E-state index contributed by atoms with van der Waals surface area (Å²) in [4.78, 5) is 14.4. The number of amidine groups is 2. The van der Waals surface area contributed by atoms with Crippen molar-refractivity contribution in [3.63, 3.8) is 0 Å². The highest BCUT2D eigenvalue weighted by Crippen LogP contribution is 2.51. The maximum absolute atomic E-state index is 7.81. The Balaban J connectivity index is 1.26. The zero-order chi connectivity index (χ0) is 40.4.